The number of hydrogen-bond donors (Lipinski definition) is 2. The zero-order valence-corrected chi connectivity index (χ0v) is 15.9. The van der Waals surface area contributed by atoms with Gasteiger partial charge in [0.1, 0.15) is 0 Å². The number of rotatable bonds is 4. The summed E-state index contributed by atoms with van der Waals surface area (Å²) in [4.78, 5) is 0. The first-order valence-electron chi connectivity index (χ1n) is 4.55. The van der Waals surface area contributed by atoms with E-state index in [1.807, 2.05) is 0 Å². The van der Waals surface area contributed by atoms with Gasteiger partial charge < -0.3 is 0 Å². The summed E-state index contributed by atoms with van der Waals surface area (Å²) in [5, 5.41) is 0. The van der Waals surface area contributed by atoms with Gasteiger partial charge in [0, 0.05) is 0 Å². The maximum absolute atomic E-state index is 10.9. The zero-order chi connectivity index (χ0) is 11.2. The van der Waals surface area contributed by atoms with Crippen LogP contribution >= 0.6 is 0 Å². The fourth-order valence-electron chi connectivity index (χ4n) is 0.808. The molecule has 0 aliphatic rings. The quantitative estimate of drug-likeness (QED) is 0.630. The van der Waals surface area contributed by atoms with Crippen LogP contribution in [0.2, 0.25) is 23.7 Å². The van der Waals surface area contributed by atoms with Crippen molar-refractivity contribution in [1.82, 2.24) is 4.63 Å². The SMILES string of the molecule is [CH3][U]([CH3])([CH3])([CH3])([CH3])([CH3])([NH][SiH]=O)[NH][SiH]=O. The first-order chi connectivity index (χ1) is 5.04. The predicted octanol–water partition coefficient (Wildman–Crippen LogP) is 0.977. The van der Waals surface area contributed by atoms with Crippen LogP contribution in [0, 0.1) is 18.2 Å². The third-order valence-electron chi connectivity index (χ3n) is 1.99. The Kier molecular flexibility index (Phi) is 1.71. The second-order valence-electron chi connectivity index (χ2n) is 11.1. The molecule has 0 saturated carbocycles. The summed E-state index contributed by atoms with van der Waals surface area (Å²) in [6.45, 7) is 0. The molecular formula is C6H22N2O2Si2U. The van der Waals surface area contributed by atoms with Crippen LogP contribution in [0.15, 0.2) is 0 Å². The Balaban J connectivity index is 6.01. The summed E-state index contributed by atoms with van der Waals surface area (Å²) in [6.07, 6.45) is 0. The Labute approximate surface area is 74.1 Å². The Morgan fingerprint density at radius 2 is 1.00 bits per heavy atom. The van der Waals surface area contributed by atoms with Gasteiger partial charge in [0.25, 0.3) is 0 Å². The molecule has 0 aromatic carbocycles. The van der Waals surface area contributed by atoms with Gasteiger partial charge in [-0.3, -0.25) is 0 Å². The normalized spacial score (nSPS) is 23.8. The molecule has 2 N–H and O–H groups in total. The summed E-state index contributed by atoms with van der Waals surface area (Å²) in [7, 11) is -2.14. The number of nitrogens with one attached hydrogen (secondary N) is 2. The van der Waals surface area contributed by atoms with Crippen molar-refractivity contribution in [3.63, 3.8) is 0 Å². The fourth-order valence-corrected chi connectivity index (χ4v) is 24.9. The first kappa shape index (κ1) is 13.7. The molecule has 0 saturated heterocycles. The Morgan fingerprint density at radius 3 is 1.15 bits per heavy atom. The van der Waals surface area contributed by atoms with Gasteiger partial charge >= 0.3 is 74.7 Å². The van der Waals surface area contributed by atoms with E-state index in [2.05, 4.69) is 28.4 Å². The van der Waals surface area contributed by atoms with Crippen LogP contribution in [0.25, 0.3) is 0 Å². The van der Waals surface area contributed by atoms with Crippen molar-refractivity contribution in [2.45, 2.75) is 23.7 Å². The van der Waals surface area contributed by atoms with E-state index >= 15 is 0 Å². The van der Waals surface area contributed by atoms with E-state index in [9.17, 15) is 8.92 Å². The topological polar surface area (TPSA) is 58.2 Å². The molecule has 0 rings (SSSR count). The van der Waals surface area contributed by atoms with Crippen molar-refractivity contribution < 1.29 is 27.2 Å². The van der Waals surface area contributed by atoms with E-state index in [1.165, 1.54) is 0 Å². The van der Waals surface area contributed by atoms with Crippen molar-refractivity contribution in [3.05, 3.63) is 0 Å². The van der Waals surface area contributed by atoms with Gasteiger partial charge in [0.2, 0.25) is 0 Å². The molecule has 0 aliphatic heterocycles. The molecule has 0 radical (unpaired) electrons. The minimum absolute atomic E-state index is 1.07. The van der Waals surface area contributed by atoms with E-state index in [4.69, 9.17) is 0 Å². The molecule has 0 fully saturated rings. The summed E-state index contributed by atoms with van der Waals surface area (Å²) in [5.41, 5.74) is 0. The van der Waals surface area contributed by atoms with Crippen LogP contribution in [0.1, 0.15) is 0 Å². The molecule has 4 nitrogen and oxygen atoms in total. The van der Waals surface area contributed by atoms with Gasteiger partial charge in [-0.1, -0.05) is 0 Å². The molecule has 0 heterocycles. The fraction of sp³-hybridized carbons (Fsp3) is 1.00. The molecule has 13 heavy (non-hydrogen) atoms. The molecule has 0 atom stereocenters. The molecule has 0 aromatic heterocycles. The average Bonchev–Trinajstić information content (AvgIpc) is 1.55. The Morgan fingerprint density at radius 1 is 0.769 bits per heavy atom. The van der Waals surface area contributed by atoms with E-state index in [0.29, 0.717) is 0 Å². The van der Waals surface area contributed by atoms with Crippen molar-refractivity contribution in [2.24, 2.45) is 0 Å². The minimum atomic E-state index is -4.83. The van der Waals surface area contributed by atoms with E-state index in [0.717, 1.165) is 0 Å². The van der Waals surface area contributed by atoms with Gasteiger partial charge in [-0.05, 0) is 0 Å². The third-order valence-corrected chi connectivity index (χ3v) is 55.8. The standard InChI is InChI=1S/6CH3.2H2NOSi.U/c;;;;;;2*1-3-2;/h6*1H3;2*1,3H;/q;;;;;;2*-1;+2. The molecule has 0 unspecified atom stereocenters. The summed E-state index contributed by atoms with van der Waals surface area (Å²) in [5.74, 6) is 0. The Hall–Kier alpha value is 0.686. The van der Waals surface area contributed by atoms with Crippen LogP contribution < -0.4 is 4.63 Å². The summed E-state index contributed by atoms with van der Waals surface area (Å²) in [6, 6.07) is 0. The van der Waals surface area contributed by atoms with Crippen molar-refractivity contribution >= 4 is 19.1 Å². The second kappa shape index (κ2) is 1.62. The van der Waals surface area contributed by atoms with Crippen LogP contribution in [0.5, 0.6) is 0 Å². The van der Waals surface area contributed by atoms with E-state index in [1.54, 1.807) is 0 Å². The predicted molar refractivity (Wildman–Crippen MR) is 57.1 cm³/mol. The van der Waals surface area contributed by atoms with Gasteiger partial charge in [-0.15, -0.1) is 0 Å². The van der Waals surface area contributed by atoms with Crippen LogP contribution in [-0.2, 0) is 8.92 Å². The average molecular weight is 448 g/mol. The monoisotopic (exact) mass is 448 g/mol. The van der Waals surface area contributed by atoms with Gasteiger partial charge in [0.15, 0.2) is 0 Å². The summed E-state index contributed by atoms with van der Waals surface area (Å²) < 4.78 is 40.5. The molecule has 0 aromatic rings. The van der Waals surface area contributed by atoms with E-state index < -0.39 is 37.4 Å². The van der Waals surface area contributed by atoms with Crippen molar-refractivity contribution in [2.75, 3.05) is 0 Å². The van der Waals surface area contributed by atoms with Gasteiger partial charge in [-0.2, -0.15) is 0 Å². The Bertz CT molecular complexity index is 285. The van der Waals surface area contributed by atoms with Crippen LogP contribution in [0.4, 0.5) is 0 Å². The van der Waals surface area contributed by atoms with Crippen LogP contribution in [-0.4, -0.2) is 19.1 Å². The zero-order valence-electron chi connectivity index (χ0n) is 9.47. The molecule has 0 aliphatic carbocycles. The maximum atomic E-state index is 10.9. The molecule has 80 valence electrons. The van der Waals surface area contributed by atoms with Gasteiger partial charge in [-0.25, -0.2) is 0 Å². The molecular weight excluding hydrogens is 426 g/mol. The second-order valence-corrected chi connectivity index (χ2v) is 108. The van der Waals surface area contributed by atoms with Crippen LogP contribution in [0.3, 0.4) is 0 Å². The number of hydrogen-bond acceptors (Lipinski definition) is 2. The van der Waals surface area contributed by atoms with Gasteiger partial charge in [0.05, 0.1) is 0 Å². The van der Waals surface area contributed by atoms with Crippen molar-refractivity contribution in [3.8, 4) is 0 Å². The summed E-state index contributed by atoms with van der Waals surface area (Å²) >= 11 is -4.83. The molecule has 0 amide bonds. The first-order valence-corrected chi connectivity index (χ1v) is 35.8. The molecule has 0 spiro atoms. The third kappa shape index (κ3) is 5.20. The molecule has 0 bridgehead atoms. The molecule has 7 heteroatoms. The van der Waals surface area contributed by atoms with E-state index in [-0.39, 0.29) is 0 Å². The van der Waals surface area contributed by atoms with Crippen molar-refractivity contribution in [1.29, 1.82) is 0 Å².